The van der Waals surface area contributed by atoms with Crippen molar-refractivity contribution in [2.45, 2.75) is 25.8 Å². The summed E-state index contributed by atoms with van der Waals surface area (Å²) in [5.41, 5.74) is 7.26. The highest BCUT2D eigenvalue weighted by molar-refractivity contribution is 6.37. The van der Waals surface area contributed by atoms with Crippen LogP contribution in [0.15, 0.2) is 12.1 Å². The van der Waals surface area contributed by atoms with Crippen molar-refractivity contribution in [2.24, 2.45) is 0 Å². The van der Waals surface area contributed by atoms with E-state index in [0.717, 1.165) is 43.0 Å². The van der Waals surface area contributed by atoms with Crippen molar-refractivity contribution in [3.8, 4) is 11.4 Å². The van der Waals surface area contributed by atoms with Crippen molar-refractivity contribution in [1.82, 2.24) is 14.8 Å². The molecule has 6 heteroatoms. The minimum absolute atomic E-state index is 0.450. The summed E-state index contributed by atoms with van der Waals surface area (Å²) in [4.78, 5) is 0. The lowest BCUT2D eigenvalue weighted by molar-refractivity contribution is 0.526. The van der Waals surface area contributed by atoms with E-state index in [4.69, 9.17) is 28.9 Å². The molecule has 4 nitrogen and oxygen atoms in total. The van der Waals surface area contributed by atoms with E-state index in [0.29, 0.717) is 15.7 Å². The second-order valence-electron chi connectivity index (χ2n) is 4.40. The molecule has 2 heterocycles. The average Bonchev–Trinajstić information content (AvgIpc) is 2.77. The van der Waals surface area contributed by atoms with Crippen LogP contribution in [0.3, 0.4) is 0 Å². The Morgan fingerprint density at radius 3 is 2.83 bits per heavy atom. The first-order chi connectivity index (χ1) is 8.66. The summed E-state index contributed by atoms with van der Waals surface area (Å²) >= 11 is 12.1. The number of fused-ring (bicyclic) bond motifs is 1. The fourth-order valence-corrected chi connectivity index (χ4v) is 2.77. The van der Waals surface area contributed by atoms with Gasteiger partial charge in [-0.15, -0.1) is 10.2 Å². The standard InChI is InChI=1S/C12H12Cl2N4/c13-7-5-8(11(15)9(14)6-7)12-17-16-10-3-1-2-4-18(10)12/h5-6H,1-4,15H2. The zero-order chi connectivity index (χ0) is 12.7. The Labute approximate surface area is 115 Å². The van der Waals surface area contributed by atoms with Gasteiger partial charge in [-0.05, 0) is 25.0 Å². The van der Waals surface area contributed by atoms with E-state index in [1.165, 1.54) is 0 Å². The molecular formula is C12H12Cl2N4. The third kappa shape index (κ3) is 1.85. The molecule has 18 heavy (non-hydrogen) atoms. The number of halogens is 2. The third-order valence-electron chi connectivity index (χ3n) is 3.19. The van der Waals surface area contributed by atoms with E-state index in [-0.39, 0.29) is 0 Å². The Balaban J connectivity index is 2.18. The summed E-state index contributed by atoms with van der Waals surface area (Å²) in [5.74, 6) is 1.76. The molecule has 0 unspecified atom stereocenters. The number of benzene rings is 1. The monoisotopic (exact) mass is 282 g/mol. The quantitative estimate of drug-likeness (QED) is 0.818. The van der Waals surface area contributed by atoms with Crippen LogP contribution in [0.1, 0.15) is 18.7 Å². The minimum atomic E-state index is 0.450. The molecule has 0 aliphatic carbocycles. The fourth-order valence-electron chi connectivity index (χ4n) is 2.28. The van der Waals surface area contributed by atoms with Gasteiger partial charge in [0.05, 0.1) is 10.7 Å². The van der Waals surface area contributed by atoms with Crippen LogP contribution in [-0.4, -0.2) is 14.8 Å². The van der Waals surface area contributed by atoms with Gasteiger partial charge in [0, 0.05) is 23.6 Å². The predicted molar refractivity (Wildman–Crippen MR) is 72.8 cm³/mol. The molecule has 0 atom stereocenters. The molecule has 0 saturated heterocycles. The summed E-state index contributed by atoms with van der Waals surface area (Å²) < 4.78 is 2.10. The molecule has 0 bridgehead atoms. The normalized spacial score (nSPS) is 14.6. The average molecular weight is 283 g/mol. The number of rotatable bonds is 1. The van der Waals surface area contributed by atoms with Crippen LogP contribution < -0.4 is 5.73 Å². The highest BCUT2D eigenvalue weighted by Gasteiger charge is 2.19. The molecule has 0 amide bonds. The predicted octanol–water partition coefficient (Wildman–Crippen LogP) is 3.17. The molecule has 3 rings (SSSR count). The number of anilines is 1. The van der Waals surface area contributed by atoms with Crippen LogP contribution in [0.2, 0.25) is 10.0 Å². The van der Waals surface area contributed by atoms with Crippen LogP contribution in [0.4, 0.5) is 5.69 Å². The zero-order valence-electron chi connectivity index (χ0n) is 9.66. The van der Waals surface area contributed by atoms with Crippen molar-refractivity contribution in [3.63, 3.8) is 0 Å². The third-order valence-corrected chi connectivity index (χ3v) is 3.73. The lowest BCUT2D eigenvalue weighted by atomic mass is 10.1. The van der Waals surface area contributed by atoms with E-state index in [1.54, 1.807) is 12.1 Å². The SMILES string of the molecule is Nc1c(Cl)cc(Cl)cc1-c1nnc2n1CCCC2. The molecule has 2 aromatic rings. The Bertz CT molecular complexity index is 606. The second kappa shape index (κ2) is 4.44. The summed E-state index contributed by atoms with van der Waals surface area (Å²) in [6.45, 7) is 0.918. The summed E-state index contributed by atoms with van der Waals surface area (Å²) in [6.07, 6.45) is 3.25. The van der Waals surface area contributed by atoms with Gasteiger partial charge in [-0.25, -0.2) is 0 Å². The van der Waals surface area contributed by atoms with Crippen LogP contribution in [0, 0.1) is 0 Å². The largest absolute Gasteiger partial charge is 0.397 e. The maximum absolute atomic E-state index is 6.05. The summed E-state index contributed by atoms with van der Waals surface area (Å²) in [5, 5.41) is 9.43. The van der Waals surface area contributed by atoms with Crippen molar-refractivity contribution < 1.29 is 0 Å². The van der Waals surface area contributed by atoms with Gasteiger partial charge in [-0.3, -0.25) is 0 Å². The van der Waals surface area contributed by atoms with Crippen molar-refractivity contribution in [2.75, 3.05) is 5.73 Å². The molecule has 0 saturated carbocycles. The maximum atomic E-state index is 6.05. The van der Waals surface area contributed by atoms with E-state index < -0.39 is 0 Å². The molecule has 0 spiro atoms. The maximum Gasteiger partial charge on any atom is 0.166 e. The number of nitrogens with zero attached hydrogens (tertiary/aromatic N) is 3. The Hall–Kier alpha value is -1.26. The van der Waals surface area contributed by atoms with Crippen LogP contribution in [0.5, 0.6) is 0 Å². The van der Waals surface area contributed by atoms with Gasteiger partial charge in [-0.1, -0.05) is 23.2 Å². The minimum Gasteiger partial charge on any atom is -0.397 e. The molecule has 0 radical (unpaired) electrons. The first kappa shape index (κ1) is 11.8. The number of aryl methyl sites for hydroxylation is 1. The molecule has 1 aromatic heterocycles. The van der Waals surface area contributed by atoms with Crippen molar-refractivity contribution >= 4 is 28.9 Å². The lowest BCUT2D eigenvalue weighted by Gasteiger charge is -2.15. The van der Waals surface area contributed by atoms with E-state index in [1.807, 2.05) is 0 Å². The highest BCUT2D eigenvalue weighted by atomic mass is 35.5. The number of aromatic nitrogens is 3. The van der Waals surface area contributed by atoms with Gasteiger partial charge in [0.1, 0.15) is 5.82 Å². The summed E-state index contributed by atoms with van der Waals surface area (Å²) in [7, 11) is 0. The van der Waals surface area contributed by atoms with Crippen LogP contribution in [0.25, 0.3) is 11.4 Å². The molecule has 2 N–H and O–H groups in total. The molecule has 1 aliphatic rings. The van der Waals surface area contributed by atoms with Gasteiger partial charge < -0.3 is 10.3 Å². The molecule has 1 aromatic carbocycles. The molecule has 1 aliphatic heterocycles. The first-order valence-corrected chi connectivity index (χ1v) is 6.59. The van der Waals surface area contributed by atoms with E-state index >= 15 is 0 Å². The van der Waals surface area contributed by atoms with Crippen molar-refractivity contribution in [1.29, 1.82) is 0 Å². The van der Waals surface area contributed by atoms with Gasteiger partial charge in [-0.2, -0.15) is 0 Å². The molecule has 94 valence electrons. The van der Waals surface area contributed by atoms with Gasteiger partial charge in [0.2, 0.25) is 0 Å². The van der Waals surface area contributed by atoms with E-state index in [9.17, 15) is 0 Å². The van der Waals surface area contributed by atoms with E-state index in [2.05, 4.69) is 14.8 Å². The smallest absolute Gasteiger partial charge is 0.166 e. The van der Waals surface area contributed by atoms with Gasteiger partial charge in [0.15, 0.2) is 5.82 Å². The zero-order valence-corrected chi connectivity index (χ0v) is 11.2. The Kier molecular flexibility index (Phi) is 2.92. The number of nitrogens with two attached hydrogens (primary N) is 1. The number of hydrogen-bond acceptors (Lipinski definition) is 3. The lowest BCUT2D eigenvalue weighted by Crippen LogP contribution is -2.12. The number of nitrogen functional groups attached to an aromatic ring is 1. The Morgan fingerprint density at radius 1 is 1.17 bits per heavy atom. The first-order valence-electron chi connectivity index (χ1n) is 5.84. The topological polar surface area (TPSA) is 56.7 Å². The fraction of sp³-hybridized carbons (Fsp3) is 0.333. The number of hydrogen-bond donors (Lipinski definition) is 1. The van der Waals surface area contributed by atoms with Crippen LogP contribution in [-0.2, 0) is 13.0 Å². The molecule has 0 fully saturated rings. The molecular weight excluding hydrogens is 271 g/mol. The van der Waals surface area contributed by atoms with Gasteiger partial charge in [0.25, 0.3) is 0 Å². The summed E-state index contributed by atoms with van der Waals surface area (Å²) in [6, 6.07) is 3.42. The highest BCUT2D eigenvalue weighted by Crippen LogP contribution is 2.35. The Morgan fingerprint density at radius 2 is 2.00 bits per heavy atom. The van der Waals surface area contributed by atoms with Gasteiger partial charge >= 0.3 is 0 Å². The second-order valence-corrected chi connectivity index (χ2v) is 5.24. The van der Waals surface area contributed by atoms with Crippen LogP contribution >= 0.6 is 23.2 Å². The van der Waals surface area contributed by atoms with Crippen molar-refractivity contribution in [3.05, 3.63) is 28.0 Å².